The minimum atomic E-state index is -3.68. The van der Waals surface area contributed by atoms with Crippen molar-refractivity contribution < 1.29 is 26.4 Å². The van der Waals surface area contributed by atoms with E-state index >= 15 is 0 Å². The van der Waals surface area contributed by atoms with E-state index in [1.807, 2.05) is 0 Å². The molecule has 2 aromatic carbocycles. The van der Waals surface area contributed by atoms with Crippen molar-refractivity contribution in [2.24, 2.45) is 5.92 Å². The van der Waals surface area contributed by atoms with Gasteiger partial charge in [0.15, 0.2) is 0 Å². The second kappa shape index (κ2) is 9.80. The molecule has 1 saturated heterocycles. The zero-order valence-electron chi connectivity index (χ0n) is 19.1. The van der Waals surface area contributed by atoms with E-state index in [4.69, 9.17) is 4.74 Å². The number of hydrogen-bond donors (Lipinski definition) is 2. The van der Waals surface area contributed by atoms with Gasteiger partial charge in [-0.3, -0.25) is 4.79 Å². The molecule has 33 heavy (non-hydrogen) atoms. The summed E-state index contributed by atoms with van der Waals surface area (Å²) in [5.74, 6) is -0.0151. The summed E-state index contributed by atoms with van der Waals surface area (Å²) in [7, 11) is -4.46. The number of carbonyl (C=O) groups is 1. The molecule has 9 nitrogen and oxygen atoms in total. The topological polar surface area (TPSA) is 122 Å². The van der Waals surface area contributed by atoms with Crippen LogP contribution in [0.4, 0.5) is 5.69 Å². The average molecular weight is 496 g/mol. The van der Waals surface area contributed by atoms with E-state index in [1.54, 1.807) is 32.0 Å². The molecule has 0 unspecified atom stereocenters. The van der Waals surface area contributed by atoms with Crippen LogP contribution >= 0.6 is 0 Å². The summed E-state index contributed by atoms with van der Waals surface area (Å²) >= 11 is 0. The molecular weight excluding hydrogens is 466 g/mol. The summed E-state index contributed by atoms with van der Waals surface area (Å²) in [5, 5.41) is 2.81. The first-order chi connectivity index (χ1) is 15.5. The number of anilines is 1. The fourth-order valence-corrected chi connectivity index (χ4v) is 6.09. The smallest absolute Gasteiger partial charge is 0.243 e. The molecule has 0 radical (unpaired) electrons. The van der Waals surface area contributed by atoms with Crippen LogP contribution in [0.3, 0.4) is 0 Å². The van der Waals surface area contributed by atoms with Crippen LogP contribution in [-0.2, 0) is 24.8 Å². The van der Waals surface area contributed by atoms with Crippen molar-refractivity contribution in [3.05, 3.63) is 47.5 Å². The number of rotatable bonds is 7. The van der Waals surface area contributed by atoms with Crippen molar-refractivity contribution in [3.8, 4) is 5.75 Å². The molecular formula is C22H29N3O6S2. The maximum Gasteiger partial charge on any atom is 0.243 e. The second-order valence-corrected chi connectivity index (χ2v) is 11.8. The van der Waals surface area contributed by atoms with E-state index in [2.05, 4.69) is 10.0 Å². The lowest BCUT2D eigenvalue weighted by Gasteiger charge is -2.30. The Labute approximate surface area is 195 Å². The molecule has 0 atom stereocenters. The second-order valence-electron chi connectivity index (χ2n) is 7.98. The monoisotopic (exact) mass is 495 g/mol. The van der Waals surface area contributed by atoms with Crippen LogP contribution in [0.2, 0.25) is 0 Å². The Morgan fingerprint density at radius 3 is 2.18 bits per heavy atom. The predicted octanol–water partition coefficient (Wildman–Crippen LogP) is 2.26. The van der Waals surface area contributed by atoms with Gasteiger partial charge < -0.3 is 10.1 Å². The summed E-state index contributed by atoms with van der Waals surface area (Å²) in [6.45, 7) is 4.00. The number of aryl methyl sites for hydroxylation is 2. The van der Waals surface area contributed by atoms with Gasteiger partial charge in [0.25, 0.3) is 0 Å². The van der Waals surface area contributed by atoms with Gasteiger partial charge >= 0.3 is 0 Å². The van der Waals surface area contributed by atoms with Gasteiger partial charge in [-0.15, -0.1) is 0 Å². The van der Waals surface area contributed by atoms with Crippen molar-refractivity contribution in [2.75, 3.05) is 32.6 Å². The number of hydrogen-bond acceptors (Lipinski definition) is 6. The van der Waals surface area contributed by atoms with E-state index in [-0.39, 0.29) is 34.7 Å². The fraction of sp³-hybridized carbons (Fsp3) is 0.409. The van der Waals surface area contributed by atoms with Crippen LogP contribution in [0, 0.1) is 19.8 Å². The molecule has 1 fully saturated rings. The number of nitrogens with zero attached hydrogens (tertiary/aromatic N) is 1. The maximum atomic E-state index is 13.0. The molecule has 11 heteroatoms. The highest BCUT2D eigenvalue weighted by Gasteiger charge is 2.32. The van der Waals surface area contributed by atoms with Crippen LogP contribution < -0.4 is 14.8 Å². The maximum absolute atomic E-state index is 13.0. The van der Waals surface area contributed by atoms with E-state index in [1.165, 1.54) is 36.7 Å². The number of carbonyl (C=O) groups excluding carboxylic acids is 1. The van der Waals surface area contributed by atoms with E-state index < -0.39 is 20.0 Å². The molecule has 0 spiro atoms. The first kappa shape index (κ1) is 25.2. The highest BCUT2D eigenvalue weighted by molar-refractivity contribution is 7.89. The van der Waals surface area contributed by atoms with Crippen molar-refractivity contribution in [1.29, 1.82) is 0 Å². The molecule has 1 heterocycles. The Morgan fingerprint density at radius 1 is 0.970 bits per heavy atom. The largest absolute Gasteiger partial charge is 0.496 e. The molecule has 0 saturated carbocycles. The summed E-state index contributed by atoms with van der Waals surface area (Å²) in [6, 6.07) is 9.27. The molecule has 1 aliphatic heterocycles. The van der Waals surface area contributed by atoms with Crippen molar-refractivity contribution in [2.45, 2.75) is 36.5 Å². The number of piperidine rings is 1. The molecule has 2 N–H and O–H groups in total. The lowest BCUT2D eigenvalue weighted by molar-refractivity contribution is -0.120. The van der Waals surface area contributed by atoms with Gasteiger partial charge in [0.05, 0.1) is 16.9 Å². The third kappa shape index (κ3) is 5.37. The van der Waals surface area contributed by atoms with Crippen LogP contribution in [0.1, 0.15) is 24.0 Å². The van der Waals surface area contributed by atoms with Crippen molar-refractivity contribution in [3.63, 3.8) is 0 Å². The SMILES string of the molecule is CNS(=O)(=O)c1ccc(C)c(NC(=O)C2CCN(S(=O)(=O)c3ccc(OC)c(C)c3)CC2)c1. The third-order valence-corrected chi connectivity index (χ3v) is 9.18. The van der Waals surface area contributed by atoms with E-state index in [0.717, 1.165) is 11.1 Å². The van der Waals surface area contributed by atoms with Crippen molar-refractivity contribution >= 4 is 31.6 Å². The van der Waals surface area contributed by atoms with Gasteiger partial charge in [0.1, 0.15) is 5.75 Å². The lowest BCUT2D eigenvalue weighted by atomic mass is 9.97. The molecule has 0 bridgehead atoms. The number of benzene rings is 2. The molecule has 3 rings (SSSR count). The first-order valence-electron chi connectivity index (χ1n) is 10.5. The van der Waals surface area contributed by atoms with Gasteiger partial charge in [-0.2, -0.15) is 4.31 Å². The molecule has 0 aromatic heterocycles. The number of nitrogens with one attached hydrogen (secondary N) is 2. The van der Waals surface area contributed by atoms with Crippen molar-refractivity contribution in [1.82, 2.24) is 9.03 Å². The van der Waals surface area contributed by atoms with Gasteiger partial charge in [-0.25, -0.2) is 21.6 Å². The molecule has 180 valence electrons. The Hall–Kier alpha value is -2.47. The molecule has 2 aromatic rings. The Balaban J connectivity index is 1.68. The highest BCUT2D eigenvalue weighted by Crippen LogP contribution is 2.28. The minimum Gasteiger partial charge on any atom is -0.496 e. The van der Waals surface area contributed by atoms with Crippen LogP contribution in [-0.4, -0.2) is 54.3 Å². The minimum absolute atomic E-state index is 0.0570. The average Bonchev–Trinajstić information content (AvgIpc) is 2.80. The molecule has 0 aliphatic carbocycles. The Bertz CT molecular complexity index is 1250. The summed E-state index contributed by atoms with van der Waals surface area (Å²) in [4.78, 5) is 13.1. The molecule has 1 aliphatic rings. The normalized spacial score (nSPS) is 15.9. The summed E-state index contributed by atoms with van der Waals surface area (Å²) in [5.41, 5.74) is 1.87. The standard InChI is InChI=1S/C22H29N3O6S2/c1-15-5-6-18(32(27,28)23-3)14-20(15)24-22(26)17-9-11-25(12-10-17)33(29,30)19-7-8-21(31-4)16(2)13-19/h5-8,13-14,17,23H,9-12H2,1-4H3,(H,24,26). The van der Waals surface area contributed by atoms with Crippen LogP contribution in [0.15, 0.2) is 46.2 Å². The van der Waals surface area contributed by atoms with Gasteiger partial charge in [-0.05, 0) is 75.2 Å². The number of sulfonamides is 2. The number of ether oxygens (including phenoxy) is 1. The van der Waals surface area contributed by atoms with Gasteiger partial charge in [0.2, 0.25) is 26.0 Å². The van der Waals surface area contributed by atoms with Crippen LogP contribution in [0.25, 0.3) is 0 Å². The predicted molar refractivity (Wildman–Crippen MR) is 125 cm³/mol. The zero-order chi connectivity index (χ0) is 24.4. The lowest BCUT2D eigenvalue weighted by Crippen LogP contribution is -2.41. The quantitative estimate of drug-likeness (QED) is 0.608. The number of amides is 1. The number of methoxy groups -OCH3 is 1. The summed E-state index contributed by atoms with van der Waals surface area (Å²) < 4.78 is 59.0. The summed E-state index contributed by atoms with van der Waals surface area (Å²) in [6.07, 6.45) is 0.738. The fourth-order valence-electron chi connectivity index (χ4n) is 3.77. The highest BCUT2D eigenvalue weighted by atomic mass is 32.2. The third-order valence-electron chi connectivity index (χ3n) is 5.87. The zero-order valence-corrected chi connectivity index (χ0v) is 20.7. The van der Waals surface area contributed by atoms with Crippen LogP contribution in [0.5, 0.6) is 5.75 Å². The molecule has 1 amide bonds. The van der Waals surface area contributed by atoms with Gasteiger partial charge in [0, 0.05) is 24.7 Å². The first-order valence-corrected chi connectivity index (χ1v) is 13.4. The van der Waals surface area contributed by atoms with E-state index in [9.17, 15) is 21.6 Å². The Morgan fingerprint density at radius 2 is 1.61 bits per heavy atom. The van der Waals surface area contributed by atoms with Gasteiger partial charge in [-0.1, -0.05) is 6.07 Å². The Kier molecular flexibility index (Phi) is 7.47. The van der Waals surface area contributed by atoms with E-state index in [0.29, 0.717) is 24.3 Å².